The smallest absolute Gasteiger partial charge is 0.243 e. The van der Waals surface area contributed by atoms with Crippen molar-refractivity contribution in [3.05, 3.63) is 52.2 Å². The van der Waals surface area contributed by atoms with Crippen LogP contribution in [0, 0.1) is 0 Å². The molecule has 0 unspecified atom stereocenters. The molecular weight excluding hydrogens is 310 g/mol. The molecule has 0 saturated heterocycles. The first-order valence-electron chi connectivity index (χ1n) is 7.59. The van der Waals surface area contributed by atoms with Crippen molar-refractivity contribution in [1.82, 2.24) is 20.2 Å². The second-order valence-electron chi connectivity index (χ2n) is 5.09. The fourth-order valence-corrected chi connectivity index (χ4v) is 2.74. The molecular formula is C16H19N5OS. The van der Waals surface area contributed by atoms with Gasteiger partial charge in [0.15, 0.2) is 0 Å². The highest BCUT2D eigenvalue weighted by Crippen LogP contribution is 2.17. The summed E-state index contributed by atoms with van der Waals surface area (Å²) in [7, 11) is 0. The van der Waals surface area contributed by atoms with Gasteiger partial charge in [-0.1, -0.05) is 30.2 Å². The normalized spacial score (nSPS) is 10.7. The van der Waals surface area contributed by atoms with E-state index in [9.17, 15) is 0 Å². The molecule has 120 valence electrons. The number of thiophene rings is 1. The quantitative estimate of drug-likeness (QED) is 0.686. The molecule has 0 radical (unpaired) electrons. The number of aromatic nitrogens is 4. The Morgan fingerprint density at radius 2 is 2.09 bits per heavy atom. The lowest BCUT2D eigenvalue weighted by atomic mass is 10.2. The number of hydrogen-bond donors (Lipinski definition) is 1. The van der Waals surface area contributed by atoms with E-state index < -0.39 is 0 Å². The van der Waals surface area contributed by atoms with E-state index in [1.807, 2.05) is 30.3 Å². The number of ether oxygens (including phenoxy) is 1. The first-order chi connectivity index (χ1) is 11.3. The molecule has 0 bridgehead atoms. The van der Waals surface area contributed by atoms with Gasteiger partial charge < -0.3 is 10.1 Å². The zero-order chi connectivity index (χ0) is 15.9. The lowest BCUT2D eigenvalue weighted by molar-refractivity contribution is 0.310. The van der Waals surface area contributed by atoms with Gasteiger partial charge in [0.1, 0.15) is 12.4 Å². The van der Waals surface area contributed by atoms with Crippen molar-refractivity contribution >= 4 is 17.3 Å². The molecule has 0 spiro atoms. The second-order valence-corrected chi connectivity index (χ2v) is 6.12. The predicted molar refractivity (Wildman–Crippen MR) is 90.5 cm³/mol. The Kier molecular flexibility index (Phi) is 5.21. The molecule has 0 saturated carbocycles. The van der Waals surface area contributed by atoms with Crippen molar-refractivity contribution < 1.29 is 4.74 Å². The summed E-state index contributed by atoms with van der Waals surface area (Å²) < 4.78 is 7.54. The zero-order valence-corrected chi connectivity index (χ0v) is 13.8. The summed E-state index contributed by atoms with van der Waals surface area (Å²) in [6.45, 7) is 4.20. The van der Waals surface area contributed by atoms with Gasteiger partial charge in [0.2, 0.25) is 5.95 Å². The molecule has 6 nitrogen and oxygen atoms in total. The molecule has 0 aliphatic rings. The maximum absolute atomic E-state index is 5.76. The van der Waals surface area contributed by atoms with Crippen LogP contribution in [0.25, 0.3) is 0 Å². The van der Waals surface area contributed by atoms with Crippen molar-refractivity contribution in [1.29, 1.82) is 0 Å². The fourth-order valence-electron chi connectivity index (χ4n) is 2.13. The highest BCUT2D eigenvalue weighted by atomic mass is 32.1. The third-order valence-corrected chi connectivity index (χ3v) is 4.15. The molecule has 1 N–H and O–H groups in total. The van der Waals surface area contributed by atoms with Gasteiger partial charge >= 0.3 is 0 Å². The molecule has 1 aromatic carbocycles. The molecule has 3 rings (SSSR count). The highest BCUT2D eigenvalue weighted by molar-refractivity contribution is 7.09. The van der Waals surface area contributed by atoms with Crippen LogP contribution < -0.4 is 10.1 Å². The Hall–Kier alpha value is -2.41. The van der Waals surface area contributed by atoms with Gasteiger partial charge in [-0.3, -0.25) is 0 Å². The van der Waals surface area contributed by atoms with E-state index in [1.165, 1.54) is 4.88 Å². The van der Waals surface area contributed by atoms with E-state index in [1.54, 1.807) is 16.0 Å². The summed E-state index contributed by atoms with van der Waals surface area (Å²) in [5.41, 5.74) is 1.15. The number of rotatable bonds is 8. The Morgan fingerprint density at radius 3 is 2.83 bits per heavy atom. The molecule has 0 aliphatic heterocycles. The minimum absolute atomic E-state index is 0.612. The molecule has 7 heteroatoms. The van der Waals surface area contributed by atoms with Crippen LogP contribution in [-0.4, -0.2) is 20.2 Å². The van der Waals surface area contributed by atoms with Gasteiger partial charge in [-0.15, -0.1) is 11.3 Å². The number of hydrogen-bond acceptors (Lipinski definition) is 6. The summed E-state index contributed by atoms with van der Waals surface area (Å²) in [6, 6.07) is 12.2. The molecule has 0 amide bonds. The summed E-state index contributed by atoms with van der Waals surface area (Å²) in [5.74, 6) is 1.57. The SMILES string of the molecule is CCCn1nnnc1NCc1ccc(OCc2cccs2)cc1. The average molecular weight is 329 g/mol. The van der Waals surface area contributed by atoms with E-state index >= 15 is 0 Å². The van der Waals surface area contributed by atoms with Crippen LogP contribution in [0.2, 0.25) is 0 Å². The van der Waals surface area contributed by atoms with Crippen LogP contribution in [0.4, 0.5) is 5.95 Å². The Labute approximate surface area is 139 Å². The van der Waals surface area contributed by atoms with Gasteiger partial charge in [0, 0.05) is 18.0 Å². The summed E-state index contributed by atoms with van der Waals surface area (Å²) >= 11 is 1.70. The maximum atomic E-state index is 5.76. The monoisotopic (exact) mass is 329 g/mol. The van der Waals surface area contributed by atoms with Gasteiger partial charge in [0.05, 0.1) is 0 Å². The van der Waals surface area contributed by atoms with Gasteiger partial charge in [-0.2, -0.15) is 0 Å². The Balaban J connectivity index is 1.52. The molecule has 2 heterocycles. The molecule has 23 heavy (non-hydrogen) atoms. The highest BCUT2D eigenvalue weighted by Gasteiger charge is 2.04. The van der Waals surface area contributed by atoms with E-state index in [2.05, 4.69) is 39.2 Å². The fraction of sp³-hybridized carbons (Fsp3) is 0.312. The van der Waals surface area contributed by atoms with Crippen LogP contribution in [0.5, 0.6) is 5.75 Å². The van der Waals surface area contributed by atoms with E-state index in [-0.39, 0.29) is 0 Å². The van der Waals surface area contributed by atoms with Crippen LogP contribution in [0.15, 0.2) is 41.8 Å². The van der Waals surface area contributed by atoms with E-state index in [0.29, 0.717) is 19.1 Å². The van der Waals surface area contributed by atoms with Gasteiger partial charge in [0.25, 0.3) is 0 Å². The van der Waals surface area contributed by atoms with Crippen LogP contribution >= 0.6 is 11.3 Å². The third kappa shape index (κ3) is 4.29. The first-order valence-corrected chi connectivity index (χ1v) is 8.47. The topological polar surface area (TPSA) is 64.9 Å². The van der Waals surface area contributed by atoms with Gasteiger partial charge in [-0.25, -0.2) is 4.68 Å². The van der Waals surface area contributed by atoms with Crippen molar-refractivity contribution in [2.45, 2.75) is 33.0 Å². The van der Waals surface area contributed by atoms with E-state index in [4.69, 9.17) is 4.74 Å². The van der Waals surface area contributed by atoms with Crippen LogP contribution in [-0.2, 0) is 19.7 Å². The van der Waals surface area contributed by atoms with Crippen molar-refractivity contribution in [3.63, 3.8) is 0 Å². The van der Waals surface area contributed by atoms with Crippen molar-refractivity contribution in [2.24, 2.45) is 0 Å². The Morgan fingerprint density at radius 1 is 1.22 bits per heavy atom. The van der Waals surface area contributed by atoms with Gasteiger partial charge in [-0.05, 0) is 46.0 Å². The summed E-state index contributed by atoms with van der Waals surface area (Å²) in [6.07, 6.45) is 0.996. The Bertz CT molecular complexity index is 708. The lowest BCUT2D eigenvalue weighted by Gasteiger charge is -2.08. The van der Waals surface area contributed by atoms with Crippen molar-refractivity contribution in [3.8, 4) is 5.75 Å². The number of nitrogens with one attached hydrogen (secondary N) is 1. The van der Waals surface area contributed by atoms with Crippen molar-refractivity contribution in [2.75, 3.05) is 5.32 Å². The maximum Gasteiger partial charge on any atom is 0.243 e. The largest absolute Gasteiger partial charge is 0.488 e. The molecule has 0 fully saturated rings. The number of aryl methyl sites for hydroxylation is 1. The first kappa shape index (κ1) is 15.5. The number of anilines is 1. The lowest BCUT2D eigenvalue weighted by Crippen LogP contribution is -2.08. The average Bonchev–Trinajstić information content (AvgIpc) is 3.24. The molecule has 0 atom stereocenters. The zero-order valence-electron chi connectivity index (χ0n) is 13.0. The predicted octanol–water partition coefficient (Wildman–Crippen LogP) is 3.34. The minimum atomic E-state index is 0.612. The third-order valence-electron chi connectivity index (χ3n) is 3.30. The number of tetrazole rings is 1. The number of benzene rings is 1. The molecule has 3 aromatic rings. The standard InChI is InChI=1S/C16H19N5OS/c1-2-9-21-16(18-19-20-21)17-11-13-5-7-14(8-6-13)22-12-15-4-3-10-23-15/h3-8,10H,2,9,11-12H2,1H3,(H,17,18,20). The minimum Gasteiger partial charge on any atom is -0.488 e. The molecule has 0 aliphatic carbocycles. The van der Waals surface area contributed by atoms with E-state index in [0.717, 1.165) is 24.3 Å². The van der Waals surface area contributed by atoms with Crippen LogP contribution in [0.3, 0.4) is 0 Å². The summed E-state index contributed by atoms with van der Waals surface area (Å²) in [5, 5.41) is 17.0. The second kappa shape index (κ2) is 7.73. The summed E-state index contributed by atoms with van der Waals surface area (Å²) in [4.78, 5) is 1.22. The van der Waals surface area contributed by atoms with Crippen LogP contribution in [0.1, 0.15) is 23.8 Å². The number of nitrogens with zero attached hydrogens (tertiary/aromatic N) is 4. The molecule has 2 aromatic heterocycles.